The van der Waals surface area contributed by atoms with Gasteiger partial charge in [0.2, 0.25) is 15.9 Å². The Bertz CT molecular complexity index is 1230. The van der Waals surface area contributed by atoms with Crippen LogP contribution in [-0.2, 0) is 14.8 Å². The van der Waals surface area contributed by atoms with E-state index in [-0.39, 0.29) is 23.4 Å². The molecule has 1 aliphatic heterocycles. The summed E-state index contributed by atoms with van der Waals surface area (Å²) in [6.45, 7) is 2.36. The summed E-state index contributed by atoms with van der Waals surface area (Å²) in [7, 11) is -2.48. The number of ether oxygens (including phenoxy) is 2. The van der Waals surface area contributed by atoms with Crippen molar-refractivity contribution in [2.45, 2.75) is 17.9 Å². The number of rotatable bonds is 6. The monoisotopic (exact) mass is 440 g/mol. The molecule has 0 radical (unpaired) electrons. The molecule has 8 heteroatoms. The van der Waals surface area contributed by atoms with Crippen molar-refractivity contribution in [3.63, 3.8) is 0 Å². The second-order valence-corrected chi connectivity index (χ2v) is 9.51. The topological polar surface area (TPSA) is 84.9 Å². The zero-order valence-corrected chi connectivity index (χ0v) is 18.2. The van der Waals surface area contributed by atoms with Crippen molar-refractivity contribution in [3.05, 3.63) is 66.2 Å². The maximum Gasteiger partial charge on any atom is 0.243 e. The minimum Gasteiger partial charge on any atom is -0.486 e. The number of hydrogen-bond donors (Lipinski definition) is 1. The number of carbonyl (C=O) groups excluding carboxylic acids is 1. The van der Waals surface area contributed by atoms with E-state index < -0.39 is 10.0 Å². The van der Waals surface area contributed by atoms with E-state index in [1.54, 1.807) is 6.07 Å². The number of nitrogens with one attached hydrogen (secondary N) is 1. The van der Waals surface area contributed by atoms with E-state index in [9.17, 15) is 13.2 Å². The molecule has 7 nitrogen and oxygen atoms in total. The number of fused-ring (bicyclic) bond motifs is 2. The van der Waals surface area contributed by atoms with Crippen LogP contribution in [0.5, 0.6) is 11.5 Å². The van der Waals surface area contributed by atoms with E-state index in [1.165, 1.54) is 19.2 Å². The van der Waals surface area contributed by atoms with Crippen LogP contribution >= 0.6 is 0 Å². The van der Waals surface area contributed by atoms with Gasteiger partial charge in [-0.1, -0.05) is 36.4 Å². The van der Waals surface area contributed by atoms with E-state index in [0.717, 1.165) is 20.6 Å². The highest BCUT2D eigenvalue weighted by molar-refractivity contribution is 7.89. The lowest BCUT2D eigenvalue weighted by Crippen LogP contribution is -2.39. The fourth-order valence-corrected chi connectivity index (χ4v) is 4.64. The summed E-state index contributed by atoms with van der Waals surface area (Å²) in [6, 6.07) is 18.2. The molecule has 1 heterocycles. The Labute approximate surface area is 181 Å². The molecule has 1 atom stereocenters. The van der Waals surface area contributed by atoms with Crippen molar-refractivity contribution in [1.29, 1.82) is 0 Å². The van der Waals surface area contributed by atoms with Gasteiger partial charge < -0.3 is 14.8 Å². The molecule has 1 amide bonds. The van der Waals surface area contributed by atoms with Gasteiger partial charge in [0.25, 0.3) is 0 Å². The van der Waals surface area contributed by atoms with Crippen LogP contribution in [0.25, 0.3) is 10.8 Å². The molecule has 3 aromatic carbocycles. The number of hydrogen-bond acceptors (Lipinski definition) is 5. The lowest BCUT2D eigenvalue weighted by atomic mass is 10.0. The van der Waals surface area contributed by atoms with Crippen molar-refractivity contribution < 1.29 is 22.7 Å². The van der Waals surface area contributed by atoms with Crippen LogP contribution in [-0.4, -0.2) is 45.4 Å². The largest absolute Gasteiger partial charge is 0.486 e. The van der Waals surface area contributed by atoms with Crippen molar-refractivity contribution >= 4 is 26.7 Å². The first-order chi connectivity index (χ1) is 14.8. The summed E-state index contributed by atoms with van der Waals surface area (Å²) in [4.78, 5) is 12.6. The predicted molar refractivity (Wildman–Crippen MR) is 118 cm³/mol. The summed E-state index contributed by atoms with van der Waals surface area (Å²) in [5, 5.41) is 5.08. The molecule has 1 N–H and O–H groups in total. The van der Waals surface area contributed by atoms with Gasteiger partial charge in [0.05, 0.1) is 17.5 Å². The summed E-state index contributed by atoms with van der Waals surface area (Å²) >= 11 is 0. The molecule has 162 valence electrons. The van der Waals surface area contributed by atoms with Crippen LogP contribution < -0.4 is 14.8 Å². The Morgan fingerprint density at radius 1 is 1.00 bits per heavy atom. The maximum absolute atomic E-state index is 12.9. The smallest absolute Gasteiger partial charge is 0.243 e. The number of nitrogens with zero attached hydrogens (tertiary/aromatic N) is 1. The van der Waals surface area contributed by atoms with E-state index in [2.05, 4.69) is 5.32 Å². The molecular formula is C23H24N2O5S. The Kier molecular flexibility index (Phi) is 5.84. The van der Waals surface area contributed by atoms with Gasteiger partial charge in [-0.2, -0.15) is 4.31 Å². The average molecular weight is 441 g/mol. The van der Waals surface area contributed by atoms with Gasteiger partial charge >= 0.3 is 0 Å². The van der Waals surface area contributed by atoms with Crippen molar-refractivity contribution in [2.75, 3.05) is 26.8 Å². The minimum atomic E-state index is -3.86. The van der Waals surface area contributed by atoms with Crippen molar-refractivity contribution in [3.8, 4) is 11.5 Å². The van der Waals surface area contributed by atoms with Gasteiger partial charge in [-0.15, -0.1) is 0 Å². The van der Waals surface area contributed by atoms with Gasteiger partial charge in [-0.25, -0.2) is 8.42 Å². The van der Waals surface area contributed by atoms with Crippen LogP contribution in [0.1, 0.15) is 18.5 Å². The maximum atomic E-state index is 12.9. The van der Waals surface area contributed by atoms with E-state index in [1.807, 2.05) is 49.4 Å². The second-order valence-electron chi connectivity index (χ2n) is 7.46. The zero-order chi connectivity index (χ0) is 22.0. The van der Waals surface area contributed by atoms with Gasteiger partial charge in [0, 0.05) is 13.1 Å². The van der Waals surface area contributed by atoms with Crippen LogP contribution in [0.15, 0.2) is 65.6 Å². The summed E-state index contributed by atoms with van der Waals surface area (Å²) in [5.41, 5.74) is 0.949. The summed E-state index contributed by atoms with van der Waals surface area (Å²) < 4.78 is 37.7. The molecule has 0 unspecified atom stereocenters. The van der Waals surface area contributed by atoms with E-state index in [0.29, 0.717) is 24.7 Å². The zero-order valence-electron chi connectivity index (χ0n) is 17.4. The van der Waals surface area contributed by atoms with Crippen LogP contribution in [0.2, 0.25) is 0 Å². The number of amides is 1. The van der Waals surface area contributed by atoms with Crippen molar-refractivity contribution in [1.82, 2.24) is 9.62 Å². The van der Waals surface area contributed by atoms with Crippen molar-refractivity contribution in [2.24, 2.45) is 0 Å². The highest BCUT2D eigenvalue weighted by atomic mass is 32.2. The third-order valence-corrected chi connectivity index (χ3v) is 7.04. The summed E-state index contributed by atoms with van der Waals surface area (Å²) in [6.07, 6.45) is 0. The molecule has 1 aliphatic rings. The van der Waals surface area contributed by atoms with Crippen LogP contribution in [0.4, 0.5) is 0 Å². The van der Waals surface area contributed by atoms with E-state index in [4.69, 9.17) is 9.47 Å². The SMILES string of the molecule is C[C@@H](NC(=O)CN(C)S(=O)(=O)c1ccc2c(c1)OCCO2)c1ccc2ccccc2c1. The Morgan fingerprint density at radius 3 is 2.48 bits per heavy atom. The van der Waals surface area contributed by atoms with Crippen LogP contribution in [0, 0.1) is 0 Å². The first-order valence-electron chi connectivity index (χ1n) is 9.98. The van der Waals surface area contributed by atoms with Gasteiger partial charge in [0.15, 0.2) is 11.5 Å². The molecular weight excluding hydrogens is 416 g/mol. The van der Waals surface area contributed by atoms with Gasteiger partial charge in [0.1, 0.15) is 13.2 Å². The standard InChI is InChI=1S/C23H24N2O5S/c1-16(18-8-7-17-5-3-4-6-19(17)13-18)24-23(26)15-25(2)31(27,28)20-9-10-21-22(14-20)30-12-11-29-21/h3-10,13-14,16H,11-12,15H2,1-2H3,(H,24,26)/t16-/m1/s1. The highest BCUT2D eigenvalue weighted by Crippen LogP contribution is 2.33. The van der Waals surface area contributed by atoms with Crippen LogP contribution in [0.3, 0.4) is 0 Å². The number of likely N-dealkylation sites (N-methyl/N-ethyl adjacent to an activating group) is 1. The lowest BCUT2D eigenvalue weighted by Gasteiger charge is -2.22. The quantitative estimate of drug-likeness (QED) is 0.637. The lowest BCUT2D eigenvalue weighted by molar-refractivity contribution is -0.121. The molecule has 0 aliphatic carbocycles. The highest BCUT2D eigenvalue weighted by Gasteiger charge is 2.26. The molecule has 0 saturated carbocycles. The molecule has 0 aromatic heterocycles. The third kappa shape index (κ3) is 4.50. The molecule has 0 bridgehead atoms. The summed E-state index contributed by atoms with van der Waals surface area (Å²) in [5.74, 6) is 0.509. The molecule has 4 rings (SSSR count). The predicted octanol–water partition coefficient (Wildman–Crippen LogP) is 3.11. The third-order valence-electron chi connectivity index (χ3n) is 5.24. The minimum absolute atomic E-state index is 0.0506. The Hall–Kier alpha value is -3.10. The molecule has 0 spiro atoms. The number of carbonyl (C=O) groups is 1. The normalized spacial score (nSPS) is 14.4. The molecule has 31 heavy (non-hydrogen) atoms. The fraction of sp³-hybridized carbons (Fsp3) is 0.261. The fourth-order valence-electron chi connectivity index (χ4n) is 3.50. The number of benzene rings is 3. The molecule has 3 aromatic rings. The van der Waals surface area contributed by atoms with E-state index >= 15 is 0 Å². The molecule has 0 saturated heterocycles. The van der Waals surface area contributed by atoms with Gasteiger partial charge in [-0.05, 0) is 41.5 Å². The Balaban J connectivity index is 1.43. The first kappa shape index (κ1) is 21.1. The first-order valence-corrected chi connectivity index (χ1v) is 11.4. The average Bonchev–Trinajstić information content (AvgIpc) is 2.78. The molecule has 0 fully saturated rings. The van der Waals surface area contributed by atoms with Gasteiger partial charge in [-0.3, -0.25) is 4.79 Å². The Morgan fingerprint density at radius 2 is 1.71 bits per heavy atom. The number of sulfonamides is 1. The second kappa shape index (κ2) is 8.56.